The van der Waals surface area contributed by atoms with Gasteiger partial charge in [0.15, 0.2) is 11.5 Å². The van der Waals surface area contributed by atoms with Gasteiger partial charge in [-0.25, -0.2) is 14.8 Å². The predicted molar refractivity (Wildman–Crippen MR) is 132 cm³/mol. The Morgan fingerprint density at radius 1 is 1.00 bits per heavy atom. The molecule has 7 nitrogen and oxygen atoms in total. The van der Waals surface area contributed by atoms with Crippen molar-refractivity contribution in [2.75, 3.05) is 32.1 Å². The summed E-state index contributed by atoms with van der Waals surface area (Å²) in [6.07, 6.45) is 7.86. The minimum absolute atomic E-state index is 0.598. The second-order valence-corrected chi connectivity index (χ2v) is 8.81. The summed E-state index contributed by atoms with van der Waals surface area (Å²) in [4.78, 5) is 22.5. The van der Waals surface area contributed by atoms with Gasteiger partial charge in [0, 0.05) is 36.6 Å². The molecule has 5 rings (SSSR count). The van der Waals surface area contributed by atoms with Gasteiger partial charge in [-0.1, -0.05) is 24.3 Å². The maximum Gasteiger partial charge on any atom is 0.187 e. The second kappa shape index (κ2) is 8.64. The number of hydrogen-bond acceptors (Lipinski definition) is 5. The van der Waals surface area contributed by atoms with Crippen LogP contribution in [-0.2, 0) is 0 Å². The first-order valence-electron chi connectivity index (χ1n) is 11.2. The van der Waals surface area contributed by atoms with Gasteiger partial charge >= 0.3 is 0 Å². The summed E-state index contributed by atoms with van der Waals surface area (Å²) >= 11 is 0. The maximum absolute atomic E-state index is 7.30. The van der Waals surface area contributed by atoms with Gasteiger partial charge in [0.25, 0.3) is 0 Å². The highest BCUT2D eigenvalue weighted by atomic mass is 15.2. The first kappa shape index (κ1) is 21.1. The largest absolute Gasteiger partial charge is 0.355 e. The van der Waals surface area contributed by atoms with Crippen molar-refractivity contribution in [2.45, 2.75) is 25.8 Å². The van der Waals surface area contributed by atoms with Crippen molar-refractivity contribution in [1.29, 1.82) is 0 Å². The van der Waals surface area contributed by atoms with E-state index in [1.807, 2.05) is 56.0 Å². The third kappa shape index (κ3) is 3.94. The second-order valence-electron chi connectivity index (χ2n) is 8.81. The molecular weight excluding hydrogens is 410 g/mol. The number of anilines is 1. The number of rotatable bonds is 4. The van der Waals surface area contributed by atoms with E-state index in [9.17, 15) is 0 Å². The van der Waals surface area contributed by atoms with Crippen LogP contribution in [-0.4, -0.2) is 57.5 Å². The van der Waals surface area contributed by atoms with Crippen LogP contribution in [0.1, 0.15) is 18.5 Å². The molecule has 33 heavy (non-hydrogen) atoms. The van der Waals surface area contributed by atoms with Crippen molar-refractivity contribution in [3.8, 4) is 22.5 Å². The van der Waals surface area contributed by atoms with E-state index in [0.717, 1.165) is 65.5 Å². The predicted octanol–water partition coefficient (Wildman–Crippen LogP) is 4.85. The lowest BCUT2D eigenvalue weighted by atomic mass is 10.0. The van der Waals surface area contributed by atoms with E-state index >= 15 is 0 Å². The normalized spacial score (nSPS) is 14.7. The van der Waals surface area contributed by atoms with Crippen molar-refractivity contribution in [3.63, 3.8) is 0 Å². The quantitative estimate of drug-likeness (QED) is 0.427. The smallest absolute Gasteiger partial charge is 0.187 e. The Labute approximate surface area is 194 Å². The summed E-state index contributed by atoms with van der Waals surface area (Å²) in [5.74, 6) is 0.956. The van der Waals surface area contributed by atoms with Gasteiger partial charge in [-0.3, -0.25) is 9.38 Å². The summed E-state index contributed by atoms with van der Waals surface area (Å²) in [6.45, 7) is 11.2. The molecule has 4 aromatic rings. The molecule has 0 unspecified atom stereocenters. The van der Waals surface area contributed by atoms with Crippen molar-refractivity contribution in [3.05, 3.63) is 72.2 Å². The van der Waals surface area contributed by atoms with Crippen LogP contribution in [0.3, 0.4) is 0 Å². The fraction of sp³-hybridized carbons (Fsp3) is 0.308. The van der Waals surface area contributed by atoms with Gasteiger partial charge in [-0.2, -0.15) is 0 Å². The van der Waals surface area contributed by atoms with E-state index in [1.165, 1.54) is 0 Å². The number of fused-ring (bicyclic) bond motifs is 1. The van der Waals surface area contributed by atoms with E-state index in [0.29, 0.717) is 11.7 Å². The summed E-state index contributed by atoms with van der Waals surface area (Å²) in [7, 11) is 4.31. The average Bonchev–Trinajstić information content (AvgIpc) is 3.34. The molecule has 166 valence electrons. The van der Waals surface area contributed by atoms with Crippen LogP contribution < -0.4 is 4.90 Å². The zero-order chi connectivity index (χ0) is 22.9. The number of hydrogen-bond donors (Lipinski definition) is 0. The molecule has 0 saturated carbocycles. The molecule has 0 aliphatic carbocycles. The Bertz CT molecular complexity index is 1310. The fourth-order valence-electron chi connectivity index (χ4n) is 4.57. The fourth-order valence-corrected chi connectivity index (χ4v) is 4.57. The molecule has 4 heterocycles. The molecule has 1 aliphatic rings. The minimum Gasteiger partial charge on any atom is -0.355 e. The summed E-state index contributed by atoms with van der Waals surface area (Å²) in [5.41, 5.74) is 6.36. The highest BCUT2D eigenvalue weighted by Gasteiger charge is 2.25. The molecule has 0 spiro atoms. The van der Waals surface area contributed by atoms with E-state index in [-0.39, 0.29) is 0 Å². The molecule has 1 aliphatic heterocycles. The number of aryl methyl sites for hydroxylation is 1. The zero-order valence-electron chi connectivity index (χ0n) is 19.2. The van der Waals surface area contributed by atoms with E-state index in [1.54, 1.807) is 0 Å². The molecule has 1 aromatic carbocycles. The molecule has 0 bridgehead atoms. The topological polar surface area (TPSA) is 53.9 Å². The average molecular weight is 438 g/mol. The van der Waals surface area contributed by atoms with Crippen LogP contribution >= 0.6 is 0 Å². The molecule has 1 saturated heterocycles. The first-order valence-corrected chi connectivity index (χ1v) is 11.2. The lowest BCUT2D eigenvalue weighted by molar-refractivity contribution is 0.249. The summed E-state index contributed by atoms with van der Waals surface area (Å²) < 4.78 is 2.13. The van der Waals surface area contributed by atoms with Crippen LogP contribution in [0.25, 0.3) is 32.9 Å². The highest BCUT2D eigenvalue weighted by Crippen LogP contribution is 2.36. The lowest BCUT2D eigenvalue weighted by Crippen LogP contribution is -2.42. The van der Waals surface area contributed by atoms with Crippen LogP contribution in [0.4, 0.5) is 11.5 Å². The Kier molecular flexibility index (Phi) is 5.53. The van der Waals surface area contributed by atoms with Gasteiger partial charge in [0.05, 0.1) is 30.5 Å². The number of piperidine rings is 1. The minimum atomic E-state index is 0.598. The van der Waals surface area contributed by atoms with Gasteiger partial charge in [-0.05, 0) is 51.6 Å². The van der Waals surface area contributed by atoms with E-state index in [2.05, 4.69) is 49.2 Å². The highest BCUT2D eigenvalue weighted by molar-refractivity contribution is 5.85. The van der Waals surface area contributed by atoms with Gasteiger partial charge in [-0.15, -0.1) is 0 Å². The number of nitrogens with zero attached hydrogens (tertiary/aromatic N) is 7. The zero-order valence-corrected chi connectivity index (χ0v) is 19.2. The van der Waals surface area contributed by atoms with E-state index < -0.39 is 0 Å². The number of benzene rings is 1. The maximum atomic E-state index is 7.30. The standard InChI is InChI=1S/C26H27N7/c1-18-5-6-20(15-29-18)25-24(19-7-9-21(27-2)10-8-19)30-26(23-16-28-17-33(23)25)32-13-11-22(12-14-32)31(3)4/h5-10,15-17,22H,11-14H2,1,3-4H3. The molecule has 7 heteroatoms. The van der Waals surface area contributed by atoms with Crippen molar-refractivity contribution >= 4 is 17.0 Å². The number of aromatic nitrogens is 4. The van der Waals surface area contributed by atoms with Crippen molar-refractivity contribution in [1.82, 2.24) is 24.3 Å². The third-order valence-electron chi connectivity index (χ3n) is 6.50. The van der Waals surface area contributed by atoms with Crippen LogP contribution in [0.5, 0.6) is 0 Å². The van der Waals surface area contributed by atoms with Gasteiger partial charge in [0.2, 0.25) is 0 Å². The van der Waals surface area contributed by atoms with Crippen LogP contribution in [0.2, 0.25) is 0 Å². The number of pyridine rings is 1. The molecule has 1 fully saturated rings. The molecule has 0 amide bonds. The van der Waals surface area contributed by atoms with Gasteiger partial charge in [0.1, 0.15) is 5.52 Å². The molecule has 3 aromatic heterocycles. The number of imidazole rings is 1. The summed E-state index contributed by atoms with van der Waals surface area (Å²) in [6, 6.07) is 12.4. The Balaban J connectivity index is 1.69. The Morgan fingerprint density at radius 2 is 1.73 bits per heavy atom. The van der Waals surface area contributed by atoms with Crippen molar-refractivity contribution < 1.29 is 0 Å². The Morgan fingerprint density at radius 3 is 2.36 bits per heavy atom. The third-order valence-corrected chi connectivity index (χ3v) is 6.50. The van der Waals surface area contributed by atoms with Crippen LogP contribution in [0.15, 0.2) is 55.1 Å². The SMILES string of the molecule is [C-]#[N+]c1ccc(-c2nc(N3CCC(N(C)C)CC3)c3cncn3c2-c2ccc(C)nc2)cc1. The molecule has 0 N–H and O–H groups in total. The molecule has 0 radical (unpaired) electrons. The van der Waals surface area contributed by atoms with Crippen LogP contribution in [0, 0.1) is 13.5 Å². The van der Waals surface area contributed by atoms with E-state index in [4.69, 9.17) is 11.6 Å². The molecule has 0 atom stereocenters. The summed E-state index contributed by atoms with van der Waals surface area (Å²) in [5, 5.41) is 0. The van der Waals surface area contributed by atoms with Gasteiger partial charge < -0.3 is 9.80 Å². The first-order chi connectivity index (χ1) is 16.0. The lowest BCUT2D eigenvalue weighted by Gasteiger charge is -2.36. The Hall–Kier alpha value is -3.76. The molecular formula is C26H27N7. The van der Waals surface area contributed by atoms with Crippen molar-refractivity contribution in [2.24, 2.45) is 0 Å². The monoisotopic (exact) mass is 437 g/mol.